The van der Waals surface area contributed by atoms with E-state index in [2.05, 4.69) is 4.72 Å². The van der Waals surface area contributed by atoms with Crippen LogP contribution in [0.5, 0.6) is 5.75 Å². The molecule has 0 aliphatic rings. The van der Waals surface area contributed by atoms with E-state index in [1.165, 1.54) is 19.2 Å². The number of aryl methyl sites for hydroxylation is 1. The van der Waals surface area contributed by atoms with Gasteiger partial charge in [0.1, 0.15) is 10.6 Å². The van der Waals surface area contributed by atoms with E-state index in [1.807, 2.05) is 31.2 Å². The Kier molecular flexibility index (Phi) is 5.76. The summed E-state index contributed by atoms with van der Waals surface area (Å²) in [6, 6.07) is 10.6. The number of ether oxygens (including phenoxy) is 1. The fourth-order valence-corrected chi connectivity index (χ4v) is 3.82. The first-order valence-corrected chi connectivity index (χ1v) is 9.20. The van der Waals surface area contributed by atoms with E-state index in [0.29, 0.717) is 0 Å². The molecular formula is C17H20N2O5S. The highest BCUT2D eigenvalue weighted by molar-refractivity contribution is 7.89. The maximum Gasteiger partial charge on any atom is 0.271 e. The summed E-state index contributed by atoms with van der Waals surface area (Å²) in [6.07, 6.45) is 0.894. The average molecular weight is 364 g/mol. The van der Waals surface area contributed by atoms with Gasteiger partial charge in [-0.2, -0.15) is 0 Å². The molecule has 0 bridgehead atoms. The SMILES string of the molecule is CCc1ccc(C(C)NS(=O)(=O)c2cc([N+](=O)[O-])ccc2OC)cc1. The Hall–Kier alpha value is -2.45. The van der Waals surface area contributed by atoms with Gasteiger partial charge in [-0.05, 0) is 30.5 Å². The highest BCUT2D eigenvalue weighted by atomic mass is 32.2. The van der Waals surface area contributed by atoms with Crippen LogP contribution >= 0.6 is 0 Å². The Labute approximate surface area is 146 Å². The predicted octanol–water partition coefficient (Wildman–Crippen LogP) is 3.21. The minimum Gasteiger partial charge on any atom is -0.495 e. The van der Waals surface area contributed by atoms with Crippen molar-refractivity contribution in [1.82, 2.24) is 4.72 Å². The topological polar surface area (TPSA) is 98.5 Å². The number of hydrogen-bond acceptors (Lipinski definition) is 5. The quantitative estimate of drug-likeness (QED) is 0.601. The molecular weight excluding hydrogens is 344 g/mol. The monoisotopic (exact) mass is 364 g/mol. The van der Waals surface area contributed by atoms with Crippen molar-refractivity contribution in [3.63, 3.8) is 0 Å². The fourth-order valence-electron chi connectivity index (χ4n) is 2.40. The molecule has 0 heterocycles. The number of nitrogens with zero attached hydrogens (tertiary/aromatic N) is 1. The van der Waals surface area contributed by atoms with Crippen molar-refractivity contribution in [2.75, 3.05) is 7.11 Å². The number of methoxy groups -OCH3 is 1. The number of nitro benzene ring substituents is 1. The lowest BCUT2D eigenvalue weighted by Crippen LogP contribution is -2.27. The van der Waals surface area contributed by atoms with Gasteiger partial charge in [-0.15, -0.1) is 0 Å². The zero-order valence-corrected chi connectivity index (χ0v) is 15.0. The van der Waals surface area contributed by atoms with Gasteiger partial charge in [-0.25, -0.2) is 13.1 Å². The summed E-state index contributed by atoms with van der Waals surface area (Å²) in [5, 5.41) is 10.9. The molecule has 1 atom stereocenters. The molecule has 0 amide bonds. The molecule has 0 radical (unpaired) electrons. The minimum absolute atomic E-state index is 0.0478. The van der Waals surface area contributed by atoms with E-state index in [-0.39, 0.29) is 16.3 Å². The largest absolute Gasteiger partial charge is 0.495 e. The van der Waals surface area contributed by atoms with Crippen LogP contribution < -0.4 is 9.46 Å². The van der Waals surface area contributed by atoms with Crippen LogP contribution in [0.2, 0.25) is 0 Å². The predicted molar refractivity (Wildman–Crippen MR) is 94.2 cm³/mol. The molecule has 0 saturated heterocycles. The lowest BCUT2D eigenvalue weighted by Gasteiger charge is -2.16. The van der Waals surface area contributed by atoms with Gasteiger partial charge in [0.15, 0.2) is 0 Å². The van der Waals surface area contributed by atoms with E-state index >= 15 is 0 Å². The minimum atomic E-state index is -4.00. The third-order valence-electron chi connectivity index (χ3n) is 3.87. The molecule has 134 valence electrons. The van der Waals surface area contributed by atoms with Crippen LogP contribution in [0, 0.1) is 10.1 Å². The zero-order chi connectivity index (χ0) is 18.6. The number of sulfonamides is 1. The summed E-state index contributed by atoms with van der Waals surface area (Å²) < 4.78 is 32.9. The van der Waals surface area contributed by atoms with Crippen LogP contribution in [0.3, 0.4) is 0 Å². The summed E-state index contributed by atoms with van der Waals surface area (Å²) in [6.45, 7) is 3.75. The summed E-state index contributed by atoms with van der Waals surface area (Å²) >= 11 is 0. The third kappa shape index (κ3) is 4.34. The molecule has 8 heteroatoms. The molecule has 1 unspecified atom stereocenters. The Balaban J connectivity index is 2.34. The molecule has 2 rings (SSSR count). The second-order valence-corrected chi connectivity index (χ2v) is 7.21. The first-order chi connectivity index (χ1) is 11.8. The number of benzene rings is 2. The van der Waals surface area contributed by atoms with Gasteiger partial charge in [0.25, 0.3) is 5.69 Å². The van der Waals surface area contributed by atoms with E-state index in [9.17, 15) is 18.5 Å². The van der Waals surface area contributed by atoms with Crippen LogP contribution in [0.4, 0.5) is 5.69 Å². The van der Waals surface area contributed by atoms with Gasteiger partial charge in [-0.1, -0.05) is 31.2 Å². The first-order valence-electron chi connectivity index (χ1n) is 7.72. The molecule has 0 spiro atoms. The lowest BCUT2D eigenvalue weighted by molar-refractivity contribution is -0.385. The second-order valence-electron chi connectivity index (χ2n) is 5.53. The molecule has 2 aromatic carbocycles. The number of nitrogens with one attached hydrogen (secondary N) is 1. The molecule has 0 aliphatic heterocycles. The molecule has 0 saturated carbocycles. The van der Waals surface area contributed by atoms with Crippen molar-refractivity contribution in [3.05, 3.63) is 63.7 Å². The average Bonchev–Trinajstić information content (AvgIpc) is 2.60. The van der Waals surface area contributed by atoms with Crippen molar-refractivity contribution in [2.45, 2.75) is 31.2 Å². The van der Waals surface area contributed by atoms with E-state index in [0.717, 1.165) is 23.6 Å². The number of hydrogen-bond donors (Lipinski definition) is 1. The summed E-state index contributed by atoms with van der Waals surface area (Å²) in [7, 11) is -2.69. The highest BCUT2D eigenvalue weighted by Gasteiger charge is 2.25. The zero-order valence-electron chi connectivity index (χ0n) is 14.2. The van der Waals surface area contributed by atoms with Gasteiger partial charge >= 0.3 is 0 Å². The van der Waals surface area contributed by atoms with Crippen molar-refractivity contribution in [2.24, 2.45) is 0 Å². The third-order valence-corrected chi connectivity index (χ3v) is 5.43. The smallest absolute Gasteiger partial charge is 0.271 e. The van der Waals surface area contributed by atoms with Gasteiger partial charge in [0, 0.05) is 18.2 Å². The number of nitro groups is 1. The van der Waals surface area contributed by atoms with E-state index in [1.54, 1.807) is 6.92 Å². The van der Waals surface area contributed by atoms with Gasteiger partial charge in [0.2, 0.25) is 10.0 Å². The van der Waals surface area contributed by atoms with Crippen molar-refractivity contribution >= 4 is 15.7 Å². The van der Waals surface area contributed by atoms with Gasteiger partial charge in [-0.3, -0.25) is 10.1 Å². The molecule has 0 aliphatic carbocycles. The van der Waals surface area contributed by atoms with Crippen molar-refractivity contribution in [3.8, 4) is 5.75 Å². The normalized spacial score (nSPS) is 12.6. The summed E-state index contributed by atoms with van der Waals surface area (Å²) in [5.41, 5.74) is 1.63. The van der Waals surface area contributed by atoms with E-state index < -0.39 is 21.0 Å². The molecule has 0 fully saturated rings. The lowest BCUT2D eigenvalue weighted by atomic mass is 10.1. The fraction of sp³-hybridized carbons (Fsp3) is 0.294. The summed E-state index contributed by atoms with van der Waals surface area (Å²) in [4.78, 5) is 10.0. The molecule has 2 aromatic rings. The number of non-ortho nitro benzene ring substituents is 1. The summed E-state index contributed by atoms with van der Waals surface area (Å²) in [5.74, 6) is 0.0478. The Morgan fingerprint density at radius 2 is 1.84 bits per heavy atom. The molecule has 1 N–H and O–H groups in total. The molecule has 0 aromatic heterocycles. The van der Waals surface area contributed by atoms with Crippen LogP contribution in [-0.4, -0.2) is 20.5 Å². The van der Waals surface area contributed by atoms with Crippen LogP contribution in [0.1, 0.15) is 31.0 Å². The Morgan fingerprint density at radius 3 is 2.36 bits per heavy atom. The Morgan fingerprint density at radius 1 is 1.20 bits per heavy atom. The number of rotatable bonds is 7. The van der Waals surface area contributed by atoms with Crippen molar-refractivity contribution < 1.29 is 18.1 Å². The second kappa shape index (κ2) is 7.62. The van der Waals surface area contributed by atoms with Crippen LogP contribution in [-0.2, 0) is 16.4 Å². The Bertz CT molecular complexity index is 863. The maximum absolute atomic E-state index is 12.7. The van der Waals surface area contributed by atoms with Crippen LogP contribution in [0.25, 0.3) is 0 Å². The molecule has 25 heavy (non-hydrogen) atoms. The van der Waals surface area contributed by atoms with E-state index in [4.69, 9.17) is 4.74 Å². The maximum atomic E-state index is 12.7. The van der Waals surface area contributed by atoms with Gasteiger partial charge in [0.05, 0.1) is 12.0 Å². The van der Waals surface area contributed by atoms with Crippen LogP contribution in [0.15, 0.2) is 47.4 Å². The standard InChI is InChI=1S/C17H20N2O5S/c1-4-13-5-7-14(8-6-13)12(2)18-25(22,23)17-11-15(19(20)21)9-10-16(17)24-3/h5-12,18H,4H2,1-3H3. The highest BCUT2D eigenvalue weighted by Crippen LogP contribution is 2.29. The van der Waals surface area contributed by atoms with Gasteiger partial charge < -0.3 is 4.74 Å². The molecule has 7 nitrogen and oxygen atoms in total. The first kappa shape index (κ1) is 18.9. The van der Waals surface area contributed by atoms with Crippen molar-refractivity contribution in [1.29, 1.82) is 0 Å².